The van der Waals surface area contributed by atoms with Crippen LogP contribution in [0.3, 0.4) is 0 Å². The van der Waals surface area contributed by atoms with Gasteiger partial charge in [-0.1, -0.05) is 0 Å². The number of pyridine rings is 1. The molecule has 2 rings (SSSR count). The van der Waals surface area contributed by atoms with Gasteiger partial charge >= 0.3 is 0 Å². The van der Waals surface area contributed by atoms with Gasteiger partial charge in [0, 0.05) is 12.3 Å². The van der Waals surface area contributed by atoms with E-state index >= 15 is 0 Å². The van der Waals surface area contributed by atoms with E-state index in [1.807, 2.05) is 6.92 Å². The second-order valence-electron chi connectivity index (χ2n) is 4.88. The zero-order chi connectivity index (χ0) is 13.2. The van der Waals surface area contributed by atoms with E-state index in [1.54, 1.807) is 19.2 Å². The van der Waals surface area contributed by atoms with Gasteiger partial charge in [-0.15, -0.1) is 0 Å². The third kappa shape index (κ3) is 2.61. The van der Waals surface area contributed by atoms with Crippen LogP contribution in [0.15, 0.2) is 18.3 Å². The molecule has 1 aliphatic carbocycles. The van der Waals surface area contributed by atoms with Crippen LogP contribution in [0.25, 0.3) is 0 Å². The lowest BCUT2D eigenvalue weighted by atomic mass is 9.97. The van der Waals surface area contributed by atoms with Crippen molar-refractivity contribution < 1.29 is 14.6 Å². The fourth-order valence-corrected chi connectivity index (χ4v) is 1.98. The molecule has 0 aromatic carbocycles. The molecule has 0 radical (unpaired) electrons. The predicted octanol–water partition coefficient (Wildman–Crippen LogP) is 0.981. The number of amides is 1. The lowest BCUT2D eigenvalue weighted by molar-refractivity contribution is 0.0819. The Hall–Kier alpha value is -1.62. The first-order chi connectivity index (χ1) is 8.59. The summed E-state index contributed by atoms with van der Waals surface area (Å²) in [5.74, 6) is 0.668. The number of methoxy groups -OCH3 is 1. The van der Waals surface area contributed by atoms with E-state index in [4.69, 9.17) is 4.74 Å². The van der Waals surface area contributed by atoms with Crippen molar-refractivity contribution in [3.8, 4) is 5.75 Å². The monoisotopic (exact) mass is 250 g/mol. The maximum Gasteiger partial charge on any atom is 0.270 e. The fraction of sp³-hybridized carbons (Fsp3) is 0.538. The Morgan fingerprint density at radius 1 is 1.67 bits per heavy atom. The van der Waals surface area contributed by atoms with Crippen LogP contribution in [-0.4, -0.2) is 35.3 Å². The van der Waals surface area contributed by atoms with Crippen LogP contribution in [0.2, 0.25) is 0 Å². The minimum atomic E-state index is -0.554. The summed E-state index contributed by atoms with van der Waals surface area (Å²) >= 11 is 0. The Morgan fingerprint density at radius 2 is 2.39 bits per heavy atom. The van der Waals surface area contributed by atoms with Crippen LogP contribution in [0, 0.1) is 5.92 Å². The van der Waals surface area contributed by atoms with E-state index in [9.17, 15) is 9.90 Å². The van der Waals surface area contributed by atoms with E-state index in [2.05, 4.69) is 10.3 Å². The Bertz CT molecular complexity index is 446. The smallest absolute Gasteiger partial charge is 0.270 e. The summed E-state index contributed by atoms with van der Waals surface area (Å²) in [5.41, 5.74) is -0.253. The summed E-state index contributed by atoms with van der Waals surface area (Å²) in [6, 6.07) is 3.27. The van der Waals surface area contributed by atoms with Gasteiger partial charge in [0.2, 0.25) is 0 Å². The molecular formula is C13H18N2O3. The van der Waals surface area contributed by atoms with Crippen LogP contribution >= 0.6 is 0 Å². The van der Waals surface area contributed by atoms with Gasteiger partial charge in [0.15, 0.2) is 0 Å². The number of carbonyl (C=O) groups excluding carboxylic acids is 1. The molecule has 0 saturated heterocycles. The number of aliphatic hydroxyl groups excluding tert-OH is 1. The average Bonchev–Trinajstić information content (AvgIpc) is 3.23. The Balaban J connectivity index is 2.10. The molecule has 1 aliphatic rings. The number of carbonyl (C=O) groups is 1. The van der Waals surface area contributed by atoms with Crippen LogP contribution in [0.4, 0.5) is 0 Å². The molecule has 1 atom stereocenters. The minimum absolute atomic E-state index is 0.0621. The zero-order valence-corrected chi connectivity index (χ0v) is 10.6. The molecule has 2 N–H and O–H groups in total. The molecule has 5 nitrogen and oxygen atoms in total. The molecule has 98 valence electrons. The van der Waals surface area contributed by atoms with Gasteiger partial charge in [0.1, 0.15) is 11.4 Å². The summed E-state index contributed by atoms with van der Waals surface area (Å²) < 4.78 is 5.05. The number of ether oxygens (including phenoxy) is 1. The van der Waals surface area contributed by atoms with Crippen molar-refractivity contribution in [2.45, 2.75) is 25.3 Å². The zero-order valence-electron chi connectivity index (χ0n) is 10.6. The third-order valence-electron chi connectivity index (χ3n) is 3.41. The number of rotatable bonds is 5. The molecule has 1 fully saturated rings. The highest BCUT2D eigenvalue weighted by Gasteiger charge is 2.42. The van der Waals surface area contributed by atoms with Crippen molar-refractivity contribution in [1.82, 2.24) is 10.3 Å². The number of aliphatic hydroxyl groups is 1. The molecule has 1 unspecified atom stereocenters. The van der Waals surface area contributed by atoms with E-state index < -0.39 is 5.54 Å². The lowest BCUT2D eigenvalue weighted by Gasteiger charge is -2.28. The first-order valence-corrected chi connectivity index (χ1v) is 6.02. The molecule has 18 heavy (non-hydrogen) atoms. The predicted molar refractivity (Wildman–Crippen MR) is 66.5 cm³/mol. The summed E-state index contributed by atoms with van der Waals surface area (Å²) in [7, 11) is 1.54. The SMILES string of the molecule is COc1ccnc(C(=O)NC(C)(CO)C2CC2)c1. The van der Waals surface area contributed by atoms with Crippen LogP contribution in [0.5, 0.6) is 5.75 Å². The molecule has 1 amide bonds. The first-order valence-electron chi connectivity index (χ1n) is 6.02. The fourth-order valence-electron chi connectivity index (χ4n) is 1.98. The van der Waals surface area contributed by atoms with E-state index in [1.165, 1.54) is 6.20 Å². The minimum Gasteiger partial charge on any atom is -0.497 e. The van der Waals surface area contributed by atoms with Crippen molar-refractivity contribution in [1.29, 1.82) is 0 Å². The lowest BCUT2D eigenvalue weighted by Crippen LogP contribution is -2.50. The Labute approximate surface area is 106 Å². The van der Waals surface area contributed by atoms with Crippen molar-refractivity contribution in [3.63, 3.8) is 0 Å². The molecule has 0 bridgehead atoms. The highest BCUT2D eigenvalue weighted by atomic mass is 16.5. The summed E-state index contributed by atoms with van der Waals surface area (Å²) in [4.78, 5) is 16.1. The number of aromatic nitrogens is 1. The molecule has 1 heterocycles. The topological polar surface area (TPSA) is 71.5 Å². The number of nitrogens with one attached hydrogen (secondary N) is 1. The Kier molecular flexibility index (Phi) is 3.52. The largest absolute Gasteiger partial charge is 0.497 e. The summed E-state index contributed by atoms with van der Waals surface area (Å²) in [5, 5.41) is 12.3. The number of nitrogens with zero attached hydrogens (tertiary/aromatic N) is 1. The maximum atomic E-state index is 12.1. The van der Waals surface area contributed by atoms with Crippen LogP contribution in [0.1, 0.15) is 30.3 Å². The molecule has 5 heteroatoms. The molecular weight excluding hydrogens is 232 g/mol. The van der Waals surface area contributed by atoms with E-state index in [0.717, 1.165) is 12.8 Å². The highest BCUT2D eigenvalue weighted by Crippen LogP contribution is 2.39. The molecule has 1 saturated carbocycles. The van der Waals surface area contributed by atoms with Gasteiger partial charge in [-0.25, -0.2) is 0 Å². The normalized spacial score (nSPS) is 17.9. The quantitative estimate of drug-likeness (QED) is 0.817. The summed E-state index contributed by atoms with van der Waals surface area (Å²) in [6.45, 7) is 1.80. The van der Waals surface area contributed by atoms with Crippen molar-refractivity contribution >= 4 is 5.91 Å². The van der Waals surface area contributed by atoms with Crippen LogP contribution < -0.4 is 10.1 Å². The molecule has 0 aliphatic heterocycles. The van der Waals surface area contributed by atoms with Gasteiger partial charge in [0.25, 0.3) is 5.91 Å². The summed E-state index contributed by atoms with van der Waals surface area (Å²) in [6.07, 6.45) is 3.62. The first kappa shape index (κ1) is 12.8. The van der Waals surface area contributed by atoms with Crippen LogP contribution in [-0.2, 0) is 0 Å². The van der Waals surface area contributed by atoms with Crippen molar-refractivity contribution in [3.05, 3.63) is 24.0 Å². The van der Waals surface area contributed by atoms with E-state index in [0.29, 0.717) is 17.4 Å². The number of hydrogen-bond acceptors (Lipinski definition) is 4. The molecule has 1 aromatic rings. The van der Waals surface area contributed by atoms with Crippen molar-refractivity contribution in [2.24, 2.45) is 5.92 Å². The Morgan fingerprint density at radius 3 is 2.94 bits per heavy atom. The van der Waals surface area contributed by atoms with Gasteiger partial charge in [-0.3, -0.25) is 9.78 Å². The van der Waals surface area contributed by atoms with Gasteiger partial charge in [-0.05, 0) is 31.7 Å². The highest BCUT2D eigenvalue weighted by molar-refractivity contribution is 5.93. The van der Waals surface area contributed by atoms with Gasteiger partial charge in [0.05, 0.1) is 19.3 Å². The maximum absolute atomic E-state index is 12.1. The standard InChI is InChI=1S/C13H18N2O3/c1-13(8-16,9-3-4-9)15-12(17)11-7-10(18-2)5-6-14-11/h5-7,9,16H,3-4,8H2,1-2H3,(H,15,17). The second-order valence-corrected chi connectivity index (χ2v) is 4.88. The molecule has 1 aromatic heterocycles. The van der Waals surface area contributed by atoms with Crippen molar-refractivity contribution in [2.75, 3.05) is 13.7 Å². The van der Waals surface area contributed by atoms with Gasteiger partial charge in [-0.2, -0.15) is 0 Å². The van der Waals surface area contributed by atoms with E-state index in [-0.39, 0.29) is 12.5 Å². The molecule has 0 spiro atoms. The van der Waals surface area contributed by atoms with Gasteiger partial charge < -0.3 is 15.2 Å². The average molecular weight is 250 g/mol. The number of hydrogen-bond donors (Lipinski definition) is 2. The third-order valence-corrected chi connectivity index (χ3v) is 3.41. The second kappa shape index (κ2) is 4.94.